The predicted molar refractivity (Wildman–Crippen MR) is 106 cm³/mol. The predicted octanol–water partition coefficient (Wildman–Crippen LogP) is 2.71. The summed E-state index contributed by atoms with van der Waals surface area (Å²) in [5.41, 5.74) is -3.91. The first-order chi connectivity index (χ1) is 15.3. The first-order valence-corrected chi connectivity index (χ1v) is 11.6. The minimum atomic E-state index is -4.67. The number of benzene rings is 1. The van der Waals surface area contributed by atoms with Gasteiger partial charge in [-0.2, -0.15) is 17.5 Å². The van der Waals surface area contributed by atoms with E-state index in [4.69, 9.17) is 0 Å². The van der Waals surface area contributed by atoms with E-state index in [-0.39, 0.29) is 24.3 Å². The molecule has 5 rings (SSSR count). The number of alkyl halides is 3. The van der Waals surface area contributed by atoms with Gasteiger partial charge in [0.2, 0.25) is 10.0 Å². The van der Waals surface area contributed by atoms with Crippen LogP contribution in [0.4, 0.5) is 17.6 Å². The van der Waals surface area contributed by atoms with Crippen LogP contribution in [0.2, 0.25) is 0 Å². The van der Waals surface area contributed by atoms with Crippen LogP contribution in [0, 0.1) is 11.2 Å². The number of pyridine rings is 1. The highest BCUT2D eigenvalue weighted by atomic mass is 32.2. The Balaban J connectivity index is 1.31. The molecule has 2 fully saturated rings. The van der Waals surface area contributed by atoms with Gasteiger partial charge in [-0.3, -0.25) is 4.79 Å². The Morgan fingerprint density at radius 1 is 1.18 bits per heavy atom. The molecule has 1 aromatic carbocycles. The van der Waals surface area contributed by atoms with Crippen LogP contribution in [0.25, 0.3) is 0 Å². The standard InChI is InChI=1S/C21H19F4N3O4S/c1-19(30)14-6-12(21(23,24)25)9-26-17(14)18(29)28(19)13-7-20(8-13)10-27(11-20)33(31,32)16-5-3-2-4-15(16)22/h2-6,9,13,30H,7-8,10-11H2,1H3. The van der Waals surface area contributed by atoms with E-state index in [1.54, 1.807) is 0 Å². The number of nitrogens with zero attached hydrogens (tertiary/aromatic N) is 3. The van der Waals surface area contributed by atoms with Gasteiger partial charge in [0, 0.05) is 36.3 Å². The molecule has 0 radical (unpaired) electrons. The third kappa shape index (κ3) is 3.18. The Labute approximate surface area is 186 Å². The van der Waals surface area contributed by atoms with Gasteiger partial charge in [0.05, 0.1) is 5.56 Å². The molecule has 7 nitrogen and oxygen atoms in total. The maximum Gasteiger partial charge on any atom is 0.417 e. The normalized spacial score (nSPS) is 25.2. The summed E-state index contributed by atoms with van der Waals surface area (Å²) in [6.45, 7) is 1.51. The van der Waals surface area contributed by atoms with Gasteiger partial charge < -0.3 is 10.0 Å². The van der Waals surface area contributed by atoms with E-state index >= 15 is 0 Å². The number of halogens is 4. The van der Waals surface area contributed by atoms with E-state index in [1.165, 1.54) is 25.1 Å². The summed E-state index contributed by atoms with van der Waals surface area (Å²) in [5, 5.41) is 11.0. The lowest BCUT2D eigenvalue weighted by molar-refractivity contribution is -0.147. The summed E-state index contributed by atoms with van der Waals surface area (Å²) in [4.78, 5) is 17.2. The highest BCUT2D eigenvalue weighted by molar-refractivity contribution is 7.89. The molecule has 1 N–H and O–H groups in total. The molecule has 12 heteroatoms. The minimum absolute atomic E-state index is 0.133. The number of carbonyl (C=O) groups excluding carboxylic acids is 1. The van der Waals surface area contributed by atoms with Crippen LogP contribution in [0.15, 0.2) is 41.4 Å². The second-order valence-corrected chi connectivity index (χ2v) is 11.0. The Kier molecular flexibility index (Phi) is 4.54. The maximum absolute atomic E-state index is 14.0. The van der Waals surface area contributed by atoms with E-state index in [9.17, 15) is 35.9 Å². The highest BCUT2D eigenvalue weighted by Crippen LogP contribution is 2.55. The van der Waals surface area contributed by atoms with Crippen LogP contribution in [-0.4, -0.2) is 52.8 Å². The smallest absolute Gasteiger partial charge is 0.367 e. The molecule has 1 unspecified atom stereocenters. The van der Waals surface area contributed by atoms with E-state index < -0.39 is 55.6 Å². The zero-order chi connectivity index (χ0) is 24.0. The zero-order valence-electron chi connectivity index (χ0n) is 17.3. The molecule has 2 aromatic rings. The van der Waals surface area contributed by atoms with Crippen molar-refractivity contribution in [3.63, 3.8) is 0 Å². The van der Waals surface area contributed by atoms with Crippen molar-refractivity contribution < 1.29 is 35.9 Å². The summed E-state index contributed by atoms with van der Waals surface area (Å²) in [6.07, 6.45) is -3.39. The second-order valence-electron chi connectivity index (χ2n) is 9.08. The number of fused-ring (bicyclic) bond motifs is 1. The Hall–Kier alpha value is -2.57. The first kappa shape index (κ1) is 22.2. The second kappa shape index (κ2) is 6.73. The van der Waals surface area contributed by atoms with Crippen LogP contribution in [0.5, 0.6) is 0 Å². The van der Waals surface area contributed by atoms with Crippen LogP contribution >= 0.6 is 0 Å². The van der Waals surface area contributed by atoms with Crippen LogP contribution in [0.1, 0.15) is 41.4 Å². The lowest BCUT2D eigenvalue weighted by atomic mass is 9.61. The number of carbonyl (C=O) groups is 1. The summed E-state index contributed by atoms with van der Waals surface area (Å²) < 4.78 is 79.8. The van der Waals surface area contributed by atoms with E-state index in [0.717, 1.165) is 21.3 Å². The molecule has 1 saturated heterocycles. The van der Waals surface area contributed by atoms with Crippen molar-refractivity contribution in [2.24, 2.45) is 5.41 Å². The minimum Gasteiger partial charge on any atom is -0.367 e. The number of hydrogen-bond acceptors (Lipinski definition) is 5. The van der Waals surface area contributed by atoms with Crippen molar-refractivity contribution in [2.45, 2.75) is 42.6 Å². The van der Waals surface area contributed by atoms with E-state index in [1.807, 2.05) is 0 Å². The SMILES string of the molecule is CC1(O)c2cc(C(F)(F)F)cnc2C(=O)N1C1CC2(C1)CN(S(=O)(=O)c1ccccc1F)C2. The van der Waals surface area contributed by atoms with Crippen LogP contribution in [0.3, 0.4) is 0 Å². The lowest BCUT2D eigenvalue weighted by Gasteiger charge is -2.60. The average molecular weight is 485 g/mol. The van der Waals surface area contributed by atoms with Gasteiger partial charge in [-0.05, 0) is 38.0 Å². The number of aliphatic hydroxyl groups is 1. The molecule has 1 saturated carbocycles. The summed E-state index contributed by atoms with van der Waals surface area (Å²) in [5.74, 6) is -1.51. The third-order valence-corrected chi connectivity index (χ3v) is 8.62. The molecule has 1 aromatic heterocycles. The fraction of sp³-hybridized carbons (Fsp3) is 0.429. The number of aromatic nitrogens is 1. The van der Waals surface area contributed by atoms with Crippen molar-refractivity contribution >= 4 is 15.9 Å². The highest BCUT2D eigenvalue weighted by Gasteiger charge is 2.61. The van der Waals surface area contributed by atoms with Gasteiger partial charge in [-0.1, -0.05) is 12.1 Å². The lowest BCUT2D eigenvalue weighted by Crippen LogP contribution is -2.68. The van der Waals surface area contributed by atoms with Gasteiger partial charge in [0.1, 0.15) is 16.4 Å². The van der Waals surface area contributed by atoms with Crippen molar-refractivity contribution in [2.75, 3.05) is 13.1 Å². The largest absolute Gasteiger partial charge is 0.417 e. The molecule has 1 atom stereocenters. The molecule has 2 aliphatic heterocycles. The van der Waals surface area contributed by atoms with Gasteiger partial charge >= 0.3 is 6.18 Å². The topological polar surface area (TPSA) is 90.8 Å². The molecular formula is C21H19F4N3O4S. The van der Waals surface area contributed by atoms with Crippen molar-refractivity contribution in [3.05, 3.63) is 59.2 Å². The third-order valence-electron chi connectivity index (χ3n) is 6.80. The molecule has 1 aliphatic carbocycles. The summed E-state index contributed by atoms with van der Waals surface area (Å²) in [7, 11) is -4.00. The van der Waals surface area contributed by atoms with Gasteiger partial charge in [-0.15, -0.1) is 0 Å². The van der Waals surface area contributed by atoms with E-state index in [2.05, 4.69) is 4.98 Å². The van der Waals surface area contributed by atoms with E-state index in [0.29, 0.717) is 19.0 Å². The molecule has 33 heavy (non-hydrogen) atoms. The Bertz CT molecular complexity index is 1260. The average Bonchev–Trinajstić information content (AvgIpc) is 2.85. The number of hydrogen-bond donors (Lipinski definition) is 1. The summed E-state index contributed by atoms with van der Waals surface area (Å²) >= 11 is 0. The van der Waals surface area contributed by atoms with Gasteiger partial charge in [0.15, 0.2) is 5.72 Å². The molecule has 3 aliphatic rings. The Morgan fingerprint density at radius 3 is 2.42 bits per heavy atom. The summed E-state index contributed by atoms with van der Waals surface area (Å²) in [6, 6.07) is 5.33. The van der Waals surface area contributed by atoms with Crippen LogP contribution < -0.4 is 0 Å². The van der Waals surface area contributed by atoms with Crippen molar-refractivity contribution in [1.29, 1.82) is 0 Å². The van der Waals surface area contributed by atoms with Crippen LogP contribution in [-0.2, 0) is 21.9 Å². The fourth-order valence-electron chi connectivity index (χ4n) is 5.16. The maximum atomic E-state index is 14.0. The van der Waals surface area contributed by atoms with Crippen molar-refractivity contribution in [3.8, 4) is 0 Å². The first-order valence-electron chi connectivity index (χ1n) is 10.1. The monoisotopic (exact) mass is 485 g/mol. The van der Waals surface area contributed by atoms with Gasteiger partial charge in [0.25, 0.3) is 5.91 Å². The molecule has 1 amide bonds. The Morgan fingerprint density at radius 2 is 1.82 bits per heavy atom. The molecule has 3 heterocycles. The molecule has 176 valence electrons. The number of sulfonamides is 1. The number of rotatable bonds is 3. The molecular weight excluding hydrogens is 466 g/mol. The number of amides is 1. The van der Waals surface area contributed by atoms with Crippen molar-refractivity contribution in [1.82, 2.24) is 14.2 Å². The van der Waals surface area contributed by atoms with Gasteiger partial charge in [-0.25, -0.2) is 17.8 Å². The molecule has 0 bridgehead atoms. The zero-order valence-corrected chi connectivity index (χ0v) is 18.1. The quantitative estimate of drug-likeness (QED) is 0.676. The molecule has 1 spiro atoms. The fourth-order valence-corrected chi connectivity index (χ4v) is 6.89.